The molecule has 3 heteroatoms. The Morgan fingerprint density at radius 1 is 1.20 bits per heavy atom. The van der Waals surface area contributed by atoms with Crippen LogP contribution in [0.1, 0.15) is 52.4 Å². The van der Waals surface area contributed by atoms with Gasteiger partial charge in [-0.25, -0.2) is 0 Å². The van der Waals surface area contributed by atoms with E-state index in [-0.39, 0.29) is 11.9 Å². The number of hydrogen-bond acceptors (Lipinski definition) is 2. The van der Waals surface area contributed by atoms with E-state index in [0.717, 1.165) is 6.42 Å². The zero-order chi connectivity index (χ0) is 11.5. The topological polar surface area (TPSA) is 26.3 Å². The number of hydrogen-bond donors (Lipinski definition) is 0. The van der Waals surface area contributed by atoms with Crippen LogP contribution in [0.3, 0.4) is 0 Å². The minimum absolute atomic E-state index is 0.0231. The Balaban J connectivity index is 3.20. The van der Waals surface area contributed by atoms with E-state index in [0.29, 0.717) is 11.9 Å². The van der Waals surface area contributed by atoms with Crippen LogP contribution < -0.4 is 0 Å². The summed E-state index contributed by atoms with van der Waals surface area (Å²) in [4.78, 5) is 11.3. The fourth-order valence-electron chi connectivity index (χ4n) is 1.26. The second-order valence-electron chi connectivity index (χ2n) is 3.99. The molecule has 0 aromatic heterocycles. The number of halogens is 1. The summed E-state index contributed by atoms with van der Waals surface area (Å²) in [6.07, 6.45) is 7.35. The first kappa shape index (κ1) is 14.9. The standard InChI is InChI=1S/C12H23BrO2/c1-3-4-5-6-7-8-9-15-12(14)11(2)10-13/h11H,3-10H2,1-2H3. The lowest BCUT2D eigenvalue weighted by molar-refractivity contribution is -0.147. The molecule has 2 nitrogen and oxygen atoms in total. The molecule has 0 aromatic carbocycles. The van der Waals surface area contributed by atoms with Gasteiger partial charge in [0, 0.05) is 5.33 Å². The Hall–Kier alpha value is -0.0500. The predicted octanol–water partition coefficient (Wildman–Crippen LogP) is 3.92. The largest absolute Gasteiger partial charge is 0.465 e. The van der Waals surface area contributed by atoms with Crippen LogP contribution in [0, 0.1) is 5.92 Å². The number of alkyl halides is 1. The highest BCUT2D eigenvalue weighted by atomic mass is 79.9. The summed E-state index contributed by atoms with van der Waals surface area (Å²) in [6.45, 7) is 4.67. The lowest BCUT2D eigenvalue weighted by atomic mass is 10.1. The summed E-state index contributed by atoms with van der Waals surface area (Å²) in [7, 11) is 0. The van der Waals surface area contributed by atoms with E-state index in [1.54, 1.807) is 0 Å². The van der Waals surface area contributed by atoms with Crippen molar-refractivity contribution in [1.29, 1.82) is 0 Å². The lowest BCUT2D eigenvalue weighted by Gasteiger charge is -2.08. The third-order valence-electron chi connectivity index (χ3n) is 2.38. The highest BCUT2D eigenvalue weighted by Crippen LogP contribution is 2.07. The molecule has 0 amide bonds. The van der Waals surface area contributed by atoms with Gasteiger partial charge in [0.1, 0.15) is 0 Å². The summed E-state index contributed by atoms with van der Waals surface area (Å²) in [5, 5.41) is 0.683. The predicted molar refractivity (Wildman–Crippen MR) is 67.3 cm³/mol. The van der Waals surface area contributed by atoms with Crippen molar-refractivity contribution in [3.05, 3.63) is 0 Å². The van der Waals surface area contributed by atoms with Gasteiger partial charge in [0.15, 0.2) is 0 Å². The first-order valence-electron chi connectivity index (χ1n) is 5.95. The van der Waals surface area contributed by atoms with Gasteiger partial charge in [0.05, 0.1) is 12.5 Å². The number of carbonyl (C=O) groups excluding carboxylic acids is 1. The molecule has 0 aliphatic rings. The molecule has 0 rings (SSSR count). The van der Waals surface area contributed by atoms with Crippen LogP contribution >= 0.6 is 15.9 Å². The zero-order valence-electron chi connectivity index (χ0n) is 9.93. The Kier molecular flexibility index (Phi) is 10.4. The maximum absolute atomic E-state index is 11.3. The fourth-order valence-corrected chi connectivity index (χ4v) is 1.52. The second-order valence-corrected chi connectivity index (χ2v) is 4.64. The lowest BCUT2D eigenvalue weighted by Crippen LogP contribution is -2.16. The van der Waals surface area contributed by atoms with Crippen LogP contribution in [0.25, 0.3) is 0 Å². The molecule has 0 bridgehead atoms. The number of rotatable bonds is 9. The van der Waals surface area contributed by atoms with Gasteiger partial charge >= 0.3 is 5.97 Å². The van der Waals surface area contributed by atoms with Crippen molar-refractivity contribution in [3.8, 4) is 0 Å². The smallest absolute Gasteiger partial charge is 0.309 e. The van der Waals surface area contributed by atoms with Crippen molar-refractivity contribution in [2.45, 2.75) is 52.4 Å². The Morgan fingerprint density at radius 3 is 2.40 bits per heavy atom. The maximum Gasteiger partial charge on any atom is 0.309 e. The molecule has 15 heavy (non-hydrogen) atoms. The highest BCUT2D eigenvalue weighted by molar-refractivity contribution is 9.09. The maximum atomic E-state index is 11.3. The van der Waals surface area contributed by atoms with Gasteiger partial charge in [-0.2, -0.15) is 0 Å². The first-order valence-corrected chi connectivity index (χ1v) is 7.07. The van der Waals surface area contributed by atoms with E-state index in [9.17, 15) is 4.79 Å². The molecule has 0 radical (unpaired) electrons. The number of unbranched alkanes of at least 4 members (excludes halogenated alkanes) is 5. The molecule has 0 saturated heterocycles. The van der Waals surface area contributed by atoms with Gasteiger partial charge in [-0.1, -0.05) is 61.9 Å². The molecule has 0 fully saturated rings. The normalized spacial score (nSPS) is 12.5. The summed E-state index contributed by atoms with van der Waals surface area (Å²) in [5.41, 5.74) is 0. The van der Waals surface area contributed by atoms with Crippen molar-refractivity contribution in [3.63, 3.8) is 0 Å². The average molecular weight is 279 g/mol. The number of carbonyl (C=O) groups is 1. The Labute approximate surface area is 102 Å². The van der Waals surface area contributed by atoms with Gasteiger partial charge in [-0.3, -0.25) is 4.79 Å². The first-order chi connectivity index (χ1) is 7.22. The van der Waals surface area contributed by atoms with E-state index in [4.69, 9.17) is 4.74 Å². The van der Waals surface area contributed by atoms with Crippen LogP contribution in [0.15, 0.2) is 0 Å². The van der Waals surface area contributed by atoms with Gasteiger partial charge in [-0.05, 0) is 6.42 Å². The van der Waals surface area contributed by atoms with Crippen LogP contribution in [0.2, 0.25) is 0 Å². The minimum atomic E-state index is -0.0829. The summed E-state index contributed by atoms with van der Waals surface area (Å²) >= 11 is 3.27. The zero-order valence-corrected chi connectivity index (χ0v) is 11.5. The molecule has 0 aromatic rings. The Morgan fingerprint density at radius 2 is 1.80 bits per heavy atom. The monoisotopic (exact) mass is 278 g/mol. The second kappa shape index (κ2) is 10.5. The van der Waals surface area contributed by atoms with Crippen molar-refractivity contribution in [2.24, 2.45) is 5.92 Å². The summed E-state index contributed by atoms with van der Waals surface area (Å²) in [5.74, 6) is -0.106. The van der Waals surface area contributed by atoms with Crippen LogP contribution in [0.5, 0.6) is 0 Å². The average Bonchev–Trinajstić information content (AvgIpc) is 2.26. The third kappa shape index (κ3) is 8.91. The summed E-state index contributed by atoms with van der Waals surface area (Å²) in [6, 6.07) is 0. The molecular weight excluding hydrogens is 256 g/mol. The van der Waals surface area contributed by atoms with Crippen molar-refractivity contribution >= 4 is 21.9 Å². The van der Waals surface area contributed by atoms with Gasteiger partial charge in [0.2, 0.25) is 0 Å². The van der Waals surface area contributed by atoms with Crippen molar-refractivity contribution in [2.75, 3.05) is 11.9 Å². The molecule has 0 aliphatic heterocycles. The molecule has 0 heterocycles. The van der Waals surface area contributed by atoms with Crippen LogP contribution in [-0.2, 0) is 9.53 Å². The van der Waals surface area contributed by atoms with Crippen molar-refractivity contribution < 1.29 is 9.53 Å². The molecule has 0 spiro atoms. The number of ether oxygens (including phenoxy) is 1. The van der Waals surface area contributed by atoms with Crippen molar-refractivity contribution in [1.82, 2.24) is 0 Å². The van der Waals surface area contributed by atoms with E-state index in [2.05, 4.69) is 22.9 Å². The minimum Gasteiger partial charge on any atom is -0.465 e. The molecule has 90 valence electrons. The third-order valence-corrected chi connectivity index (χ3v) is 3.35. The van der Waals surface area contributed by atoms with Gasteiger partial charge in [0.25, 0.3) is 0 Å². The quantitative estimate of drug-likeness (QED) is 0.363. The molecule has 0 aliphatic carbocycles. The molecule has 1 unspecified atom stereocenters. The van der Waals surface area contributed by atoms with Crippen LogP contribution in [-0.4, -0.2) is 17.9 Å². The van der Waals surface area contributed by atoms with E-state index >= 15 is 0 Å². The highest BCUT2D eigenvalue weighted by Gasteiger charge is 2.11. The molecular formula is C12H23BrO2. The van der Waals surface area contributed by atoms with Crippen LogP contribution in [0.4, 0.5) is 0 Å². The molecule has 0 saturated carbocycles. The van der Waals surface area contributed by atoms with E-state index < -0.39 is 0 Å². The molecule has 0 N–H and O–H groups in total. The molecule has 1 atom stereocenters. The SMILES string of the molecule is CCCCCCCCOC(=O)C(C)CBr. The Bertz CT molecular complexity index is 160. The fraction of sp³-hybridized carbons (Fsp3) is 0.917. The summed E-state index contributed by atoms with van der Waals surface area (Å²) < 4.78 is 5.13. The number of esters is 1. The van der Waals surface area contributed by atoms with E-state index in [1.165, 1.54) is 32.1 Å². The van der Waals surface area contributed by atoms with Gasteiger partial charge < -0.3 is 4.74 Å². The van der Waals surface area contributed by atoms with E-state index in [1.807, 2.05) is 6.92 Å². The van der Waals surface area contributed by atoms with Gasteiger partial charge in [-0.15, -0.1) is 0 Å².